The molecular weight excluding hydrogens is 360 g/mol. The molecule has 0 aliphatic carbocycles. The van der Waals surface area contributed by atoms with Gasteiger partial charge in [0.05, 0.1) is 11.5 Å². The fourth-order valence-electron chi connectivity index (χ4n) is 2.54. The molecule has 0 aliphatic rings. The number of fused-ring (bicyclic) bond motifs is 1. The zero-order chi connectivity index (χ0) is 20.1. The third-order valence-corrected chi connectivity index (χ3v) is 4.20. The SMILES string of the molecule is CC[C@@H](C)OC(=O)COc1ccc2c(=O)c(Oc3cccc(C)c3)coc2c1. The highest BCUT2D eigenvalue weighted by molar-refractivity contribution is 5.79. The number of hydrogen-bond donors (Lipinski definition) is 0. The third-order valence-electron chi connectivity index (χ3n) is 4.20. The Morgan fingerprint density at radius 1 is 1.14 bits per heavy atom. The molecule has 0 amide bonds. The maximum atomic E-state index is 12.6. The molecule has 0 fully saturated rings. The van der Waals surface area contributed by atoms with Crippen molar-refractivity contribution in [3.8, 4) is 17.2 Å². The molecule has 6 heteroatoms. The first kappa shape index (κ1) is 19.5. The number of rotatable bonds is 7. The lowest BCUT2D eigenvalue weighted by Crippen LogP contribution is -2.20. The summed E-state index contributed by atoms with van der Waals surface area (Å²) in [7, 11) is 0. The van der Waals surface area contributed by atoms with E-state index in [4.69, 9.17) is 18.6 Å². The maximum Gasteiger partial charge on any atom is 0.344 e. The highest BCUT2D eigenvalue weighted by Gasteiger charge is 2.12. The van der Waals surface area contributed by atoms with Crippen LogP contribution in [-0.2, 0) is 9.53 Å². The minimum absolute atomic E-state index is 0.101. The van der Waals surface area contributed by atoms with Gasteiger partial charge < -0.3 is 18.6 Å². The van der Waals surface area contributed by atoms with Crippen molar-refractivity contribution < 1.29 is 23.4 Å². The summed E-state index contributed by atoms with van der Waals surface area (Å²) in [6, 6.07) is 12.1. The molecule has 0 unspecified atom stereocenters. The van der Waals surface area contributed by atoms with Crippen LogP contribution in [0.3, 0.4) is 0 Å². The van der Waals surface area contributed by atoms with Gasteiger partial charge in [-0.05, 0) is 50.1 Å². The van der Waals surface area contributed by atoms with E-state index in [-0.39, 0.29) is 23.9 Å². The number of carbonyl (C=O) groups excluding carboxylic acids is 1. The Balaban J connectivity index is 1.75. The Hall–Kier alpha value is -3.28. The lowest BCUT2D eigenvalue weighted by atomic mass is 10.2. The average molecular weight is 382 g/mol. The minimum Gasteiger partial charge on any atom is -0.482 e. The van der Waals surface area contributed by atoms with E-state index in [1.54, 1.807) is 24.3 Å². The average Bonchev–Trinajstić information content (AvgIpc) is 2.68. The van der Waals surface area contributed by atoms with Crippen LogP contribution in [0.2, 0.25) is 0 Å². The molecule has 0 saturated heterocycles. The summed E-state index contributed by atoms with van der Waals surface area (Å²) in [5, 5.41) is 0.361. The lowest BCUT2D eigenvalue weighted by Gasteiger charge is -2.11. The van der Waals surface area contributed by atoms with Crippen molar-refractivity contribution in [3.63, 3.8) is 0 Å². The summed E-state index contributed by atoms with van der Waals surface area (Å²) < 4.78 is 21.8. The van der Waals surface area contributed by atoms with E-state index in [1.807, 2.05) is 39.0 Å². The first-order chi connectivity index (χ1) is 13.5. The summed E-state index contributed by atoms with van der Waals surface area (Å²) >= 11 is 0. The van der Waals surface area contributed by atoms with Gasteiger partial charge in [0.2, 0.25) is 11.2 Å². The summed E-state index contributed by atoms with van der Waals surface area (Å²) in [4.78, 5) is 24.4. The third kappa shape index (κ3) is 4.71. The van der Waals surface area contributed by atoms with Gasteiger partial charge >= 0.3 is 5.97 Å². The van der Waals surface area contributed by atoms with E-state index in [1.165, 1.54) is 6.26 Å². The van der Waals surface area contributed by atoms with E-state index >= 15 is 0 Å². The van der Waals surface area contributed by atoms with Crippen LogP contribution in [0, 0.1) is 6.92 Å². The molecule has 1 aromatic heterocycles. The number of esters is 1. The number of aryl methyl sites for hydroxylation is 1. The molecule has 3 aromatic rings. The van der Waals surface area contributed by atoms with Gasteiger partial charge in [-0.15, -0.1) is 0 Å². The van der Waals surface area contributed by atoms with Crippen LogP contribution in [0.25, 0.3) is 11.0 Å². The van der Waals surface area contributed by atoms with E-state index in [9.17, 15) is 9.59 Å². The van der Waals surface area contributed by atoms with Crippen molar-refractivity contribution >= 4 is 16.9 Å². The smallest absolute Gasteiger partial charge is 0.344 e. The normalized spacial score (nSPS) is 11.8. The van der Waals surface area contributed by atoms with E-state index in [2.05, 4.69) is 0 Å². The summed E-state index contributed by atoms with van der Waals surface area (Å²) in [6.45, 7) is 5.48. The van der Waals surface area contributed by atoms with E-state index in [0.717, 1.165) is 12.0 Å². The van der Waals surface area contributed by atoms with Crippen molar-refractivity contribution in [2.75, 3.05) is 6.61 Å². The second kappa shape index (κ2) is 8.61. The number of ether oxygens (including phenoxy) is 3. The van der Waals surface area contributed by atoms with Gasteiger partial charge in [0.1, 0.15) is 23.3 Å². The van der Waals surface area contributed by atoms with Gasteiger partial charge in [-0.3, -0.25) is 4.79 Å². The quantitative estimate of drug-likeness (QED) is 0.555. The zero-order valence-electron chi connectivity index (χ0n) is 16.1. The predicted octanol–water partition coefficient (Wildman–Crippen LogP) is 4.61. The molecule has 0 bridgehead atoms. The van der Waals surface area contributed by atoms with Gasteiger partial charge in [-0.1, -0.05) is 19.1 Å². The van der Waals surface area contributed by atoms with Crippen LogP contribution >= 0.6 is 0 Å². The first-order valence-corrected chi connectivity index (χ1v) is 9.08. The summed E-state index contributed by atoms with van der Waals surface area (Å²) in [6.07, 6.45) is 1.85. The molecule has 6 nitrogen and oxygen atoms in total. The van der Waals surface area contributed by atoms with Gasteiger partial charge in [0.25, 0.3) is 0 Å². The first-order valence-electron chi connectivity index (χ1n) is 9.08. The van der Waals surface area contributed by atoms with Crippen molar-refractivity contribution in [2.45, 2.75) is 33.3 Å². The molecular formula is C22H22O6. The van der Waals surface area contributed by atoms with E-state index in [0.29, 0.717) is 22.5 Å². The van der Waals surface area contributed by atoms with Crippen LogP contribution in [0.15, 0.2) is 57.9 Å². The molecule has 28 heavy (non-hydrogen) atoms. The second-order valence-electron chi connectivity index (χ2n) is 6.50. The highest BCUT2D eigenvalue weighted by Crippen LogP contribution is 2.24. The van der Waals surface area contributed by atoms with Crippen LogP contribution in [0.4, 0.5) is 0 Å². The summed E-state index contributed by atoms with van der Waals surface area (Å²) in [5.74, 6) is 0.622. The van der Waals surface area contributed by atoms with Crippen molar-refractivity contribution in [3.05, 3.63) is 64.5 Å². The molecule has 2 aromatic carbocycles. The predicted molar refractivity (Wildman–Crippen MR) is 105 cm³/mol. The van der Waals surface area contributed by atoms with Gasteiger partial charge in [-0.25, -0.2) is 4.79 Å². The number of benzene rings is 2. The van der Waals surface area contributed by atoms with Gasteiger partial charge in [0.15, 0.2) is 6.61 Å². The number of carbonyl (C=O) groups is 1. The van der Waals surface area contributed by atoms with Crippen molar-refractivity contribution in [2.24, 2.45) is 0 Å². The molecule has 0 N–H and O–H groups in total. The molecule has 146 valence electrons. The van der Waals surface area contributed by atoms with Gasteiger partial charge in [0, 0.05) is 6.07 Å². The molecule has 1 heterocycles. The fourth-order valence-corrected chi connectivity index (χ4v) is 2.54. The zero-order valence-corrected chi connectivity index (χ0v) is 16.1. The molecule has 0 radical (unpaired) electrons. The number of hydrogen-bond acceptors (Lipinski definition) is 6. The Labute approximate surface area is 162 Å². The second-order valence-corrected chi connectivity index (χ2v) is 6.50. The van der Waals surface area contributed by atoms with Crippen molar-refractivity contribution in [1.29, 1.82) is 0 Å². The van der Waals surface area contributed by atoms with Crippen LogP contribution in [0.1, 0.15) is 25.8 Å². The van der Waals surface area contributed by atoms with Crippen molar-refractivity contribution in [1.82, 2.24) is 0 Å². The van der Waals surface area contributed by atoms with E-state index < -0.39 is 5.97 Å². The Morgan fingerprint density at radius 2 is 1.96 bits per heavy atom. The van der Waals surface area contributed by atoms with Gasteiger partial charge in [-0.2, -0.15) is 0 Å². The highest BCUT2D eigenvalue weighted by atomic mass is 16.6. The summed E-state index contributed by atoms with van der Waals surface area (Å²) in [5.41, 5.74) is 1.08. The standard InChI is InChI=1S/C22H22O6/c1-4-15(3)27-21(23)13-25-16-8-9-18-19(11-16)26-12-20(22(18)24)28-17-7-5-6-14(2)10-17/h5-12,15H,4,13H2,1-3H3/t15-/m1/s1. The monoisotopic (exact) mass is 382 g/mol. The molecule has 0 spiro atoms. The molecule has 0 saturated carbocycles. The Bertz CT molecular complexity index is 1040. The minimum atomic E-state index is -0.446. The molecule has 3 rings (SSSR count). The Kier molecular flexibility index (Phi) is 5.99. The topological polar surface area (TPSA) is 75.0 Å². The maximum absolute atomic E-state index is 12.6. The molecule has 0 aliphatic heterocycles. The lowest BCUT2D eigenvalue weighted by molar-refractivity contribution is -0.150. The van der Waals surface area contributed by atoms with Crippen LogP contribution in [0.5, 0.6) is 17.2 Å². The largest absolute Gasteiger partial charge is 0.482 e. The molecule has 1 atom stereocenters. The van der Waals surface area contributed by atoms with Crippen LogP contribution < -0.4 is 14.9 Å². The van der Waals surface area contributed by atoms with Crippen LogP contribution in [-0.4, -0.2) is 18.7 Å². The fraction of sp³-hybridized carbons (Fsp3) is 0.273. The Morgan fingerprint density at radius 3 is 2.71 bits per heavy atom.